The minimum absolute atomic E-state index is 0.103. The summed E-state index contributed by atoms with van der Waals surface area (Å²) in [6.45, 7) is 3.06. The van der Waals surface area contributed by atoms with Crippen LogP contribution < -0.4 is 11.3 Å². The molecule has 0 radical (unpaired) electrons. The van der Waals surface area contributed by atoms with Gasteiger partial charge in [0.1, 0.15) is 5.82 Å². The predicted molar refractivity (Wildman–Crippen MR) is 79.9 cm³/mol. The quantitative estimate of drug-likeness (QED) is 0.352. The van der Waals surface area contributed by atoms with Gasteiger partial charge in [-0.2, -0.15) is 0 Å². The van der Waals surface area contributed by atoms with Crippen LogP contribution in [0.25, 0.3) is 11.0 Å². The number of para-hydroxylation sites is 2. The molecule has 2 rings (SSSR count). The monoisotopic (exact) mass is 274 g/mol. The van der Waals surface area contributed by atoms with Gasteiger partial charge < -0.3 is 4.57 Å². The molecule has 20 heavy (non-hydrogen) atoms. The maximum absolute atomic E-state index is 11.1. The van der Waals surface area contributed by atoms with Gasteiger partial charge in [0, 0.05) is 19.4 Å². The molecule has 108 valence electrons. The number of imidazole rings is 1. The van der Waals surface area contributed by atoms with E-state index in [1.807, 2.05) is 18.2 Å². The van der Waals surface area contributed by atoms with Gasteiger partial charge in [0.15, 0.2) is 0 Å². The van der Waals surface area contributed by atoms with Crippen LogP contribution in [0.1, 0.15) is 38.4 Å². The van der Waals surface area contributed by atoms with Gasteiger partial charge in [-0.15, -0.1) is 0 Å². The van der Waals surface area contributed by atoms with Crippen LogP contribution in [0.15, 0.2) is 24.3 Å². The highest BCUT2D eigenvalue weighted by Crippen LogP contribution is 2.18. The number of nitrogens with zero attached hydrogens (tertiary/aromatic N) is 2. The number of amides is 1. The Balaban J connectivity index is 2.07. The third-order valence-corrected chi connectivity index (χ3v) is 3.40. The number of fused-ring (bicyclic) bond motifs is 1. The van der Waals surface area contributed by atoms with Crippen LogP contribution in [-0.4, -0.2) is 15.5 Å². The first-order chi connectivity index (χ1) is 9.76. The van der Waals surface area contributed by atoms with E-state index in [-0.39, 0.29) is 5.91 Å². The Morgan fingerprint density at radius 1 is 1.35 bits per heavy atom. The van der Waals surface area contributed by atoms with E-state index < -0.39 is 0 Å². The summed E-state index contributed by atoms with van der Waals surface area (Å²) >= 11 is 0. The van der Waals surface area contributed by atoms with Crippen molar-refractivity contribution >= 4 is 16.9 Å². The maximum Gasteiger partial charge on any atom is 0.233 e. The third-order valence-electron chi connectivity index (χ3n) is 3.40. The van der Waals surface area contributed by atoms with Crippen LogP contribution in [0, 0.1) is 0 Å². The molecule has 0 fully saturated rings. The van der Waals surface area contributed by atoms with Crippen molar-refractivity contribution in [3.63, 3.8) is 0 Å². The average molecular weight is 274 g/mol. The van der Waals surface area contributed by atoms with E-state index in [0.29, 0.717) is 6.42 Å². The van der Waals surface area contributed by atoms with Gasteiger partial charge in [0.25, 0.3) is 0 Å². The molecule has 0 bridgehead atoms. The summed E-state index contributed by atoms with van der Waals surface area (Å²) in [5.74, 6) is 6.11. The van der Waals surface area contributed by atoms with E-state index >= 15 is 0 Å². The number of carbonyl (C=O) groups excluding carboxylic acids is 1. The fraction of sp³-hybridized carbons (Fsp3) is 0.467. The first kappa shape index (κ1) is 14.5. The van der Waals surface area contributed by atoms with Crippen molar-refractivity contribution in [2.24, 2.45) is 5.84 Å². The molecule has 2 aromatic rings. The van der Waals surface area contributed by atoms with E-state index in [1.54, 1.807) is 0 Å². The fourth-order valence-electron chi connectivity index (χ4n) is 2.42. The Morgan fingerprint density at radius 3 is 2.90 bits per heavy atom. The highest BCUT2D eigenvalue weighted by Gasteiger charge is 2.09. The Bertz CT molecular complexity index is 576. The topological polar surface area (TPSA) is 72.9 Å². The molecule has 1 aromatic carbocycles. The number of hydrogen-bond acceptors (Lipinski definition) is 3. The molecule has 1 heterocycles. The number of hydrogen-bond donors (Lipinski definition) is 2. The number of aryl methyl sites for hydroxylation is 2. The zero-order valence-electron chi connectivity index (χ0n) is 11.9. The number of nitrogens with two attached hydrogens (primary N) is 1. The lowest BCUT2D eigenvalue weighted by molar-refractivity contribution is -0.121. The molecule has 1 amide bonds. The van der Waals surface area contributed by atoms with Crippen molar-refractivity contribution in [3.05, 3.63) is 30.1 Å². The Labute approximate surface area is 119 Å². The minimum atomic E-state index is -0.103. The fourth-order valence-corrected chi connectivity index (χ4v) is 2.42. The van der Waals surface area contributed by atoms with Gasteiger partial charge >= 0.3 is 0 Å². The number of nitrogens with one attached hydrogen (secondary N) is 1. The average Bonchev–Trinajstić information content (AvgIpc) is 2.81. The van der Waals surface area contributed by atoms with Gasteiger partial charge in [0.2, 0.25) is 5.91 Å². The van der Waals surface area contributed by atoms with Crippen molar-refractivity contribution in [3.8, 4) is 0 Å². The molecular formula is C15H22N4O. The standard InChI is InChI=1S/C15H22N4O/c1-2-7-14-17-12-8-3-4-9-13(12)19(14)11-6-5-10-15(20)18-16/h3-4,8-9H,2,5-7,10-11,16H2,1H3,(H,18,20). The number of hydrazine groups is 1. The summed E-state index contributed by atoms with van der Waals surface area (Å²) in [6.07, 6.45) is 4.33. The molecule has 1 aromatic heterocycles. The molecule has 5 heteroatoms. The predicted octanol–water partition coefficient (Wildman–Crippen LogP) is 2.15. The molecule has 0 saturated heterocycles. The summed E-state index contributed by atoms with van der Waals surface area (Å²) in [6, 6.07) is 8.21. The van der Waals surface area contributed by atoms with E-state index in [0.717, 1.165) is 43.6 Å². The van der Waals surface area contributed by atoms with E-state index in [2.05, 4.69) is 23.0 Å². The van der Waals surface area contributed by atoms with Gasteiger partial charge in [-0.25, -0.2) is 10.8 Å². The molecule has 0 spiro atoms. The smallest absolute Gasteiger partial charge is 0.233 e. The molecule has 5 nitrogen and oxygen atoms in total. The van der Waals surface area contributed by atoms with Crippen LogP contribution in [0.5, 0.6) is 0 Å². The highest BCUT2D eigenvalue weighted by atomic mass is 16.2. The molecule has 0 aliphatic rings. The second kappa shape index (κ2) is 7.05. The molecule has 0 aliphatic heterocycles. The van der Waals surface area contributed by atoms with Gasteiger partial charge in [-0.3, -0.25) is 10.2 Å². The lowest BCUT2D eigenvalue weighted by atomic mass is 10.2. The highest BCUT2D eigenvalue weighted by molar-refractivity contribution is 5.76. The zero-order valence-corrected chi connectivity index (χ0v) is 11.9. The number of aromatic nitrogens is 2. The summed E-state index contributed by atoms with van der Waals surface area (Å²) in [5, 5.41) is 0. The number of carbonyl (C=O) groups is 1. The SMILES string of the molecule is CCCc1nc2ccccc2n1CCCCC(=O)NN. The number of unbranched alkanes of at least 4 members (excludes halogenated alkanes) is 1. The normalized spacial score (nSPS) is 10.9. The van der Waals surface area contributed by atoms with Crippen molar-refractivity contribution < 1.29 is 4.79 Å². The molecule has 0 aliphatic carbocycles. The summed E-state index contributed by atoms with van der Waals surface area (Å²) in [7, 11) is 0. The van der Waals surface area contributed by atoms with Crippen molar-refractivity contribution in [1.82, 2.24) is 15.0 Å². The van der Waals surface area contributed by atoms with Crippen molar-refractivity contribution in [1.29, 1.82) is 0 Å². The maximum atomic E-state index is 11.1. The van der Waals surface area contributed by atoms with E-state index in [1.165, 1.54) is 5.52 Å². The van der Waals surface area contributed by atoms with Crippen LogP contribution >= 0.6 is 0 Å². The summed E-state index contributed by atoms with van der Waals surface area (Å²) in [4.78, 5) is 15.8. The lowest BCUT2D eigenvalue weighted by Gasteiger charge is -2.08. The summed E-state index contributed by atoms with van der Waals surface area (Å²) in [5.41, 5.74) is 4.39. The number of benzene rings is 1. The van der Waals surface area contributed by atoms with E-state index in [4.69, 9.17) is 10.8 Å². The molecular weight excluding hydrogens is 252 g/mol. The Hall–Kier alpha value is -1.88. The lowest BCUT2D eigenvalue weighted by Crippen LogP contribution is -2.29. The second-order valence-electron chi connectivity index (χ2n) is 4.94. The summed E-state index contributed by atoms with van der Waals surface area (Å²) < 4.78 is 2.28. The van der Waals surface area contributed by atoms with E-state index in [9.17, 15) is 4.79 Å². The Kier molecular flexibility index (Phi) is 5.12. The van der Waals surface area contributed by atoms with Crippen molar-refractivity contribution in [2.45, 2.75) is 45.6 Å². The third kappa shape index (κ3) is 3.36. The molecule has 3 N–H and O–H groups in total. The minimum Gasteiger partial charge on any atom is -0.328 e. The van der Waals surface area contributed by atoms with Crippen molar-refractivity contribution in [2.75, 3.05) is 0 Å². The van der Waals surface area contributed by atoms with Crippen LogP contribution in [0.2, 0.25) is 0 Å². The molecule has 0 atom stereocenters. The first-order valence-corrected chi connectivity index (χ1v) is 7.20. The number of rotatable bonds is 7. The van der Waals surface area contributed by atoms with Crippen LogP contribution in [0.3, 0.4) is 0 Å². The first-order valence-electron chi connectivity index (χ1n) is 7.20. The largest absolute Gasteiger partial charge is 0.328 e. The Morgan fingerprint density at radius 2 is 2.15 bits per heavy atom. The van der Waals surface area contributed by atoms with Gasteiger partial charge in [-0.1, -0.05) is 19.1 Å². The van der Waals surface area contributed by atoms with Gasteiger partial charge in [0.05, 0.1) is 11.0 Å². The van der Waals surface area contributed by atoms with Crippen LogP contribution in [0.4, 0.5) is 0 Å². The molecule has 0 unspecified atom stereocenters. The second-order valence-corrected chi connectivity index (χ2v) is 4.94. The molecule has 0 saturated carbocycles. The van der Waals surface area contributed by atoms with Gasteiger partial charge in [-0.05, 0) is 31.4 Å². The zero-order chi connectivity index (χ0) is 14.4. The van der Waals surface area contributed by atoms with Crippen LogP contribution in [-0.2, 0) is 17.8 Å².